The maximum Gasteiger partial charge on any atom is 0.227 e. The van der Waals surface area contributed by atoms with E-state index in [1.54, 1.807) is 4.68 Å². The summed E-state index contributed by atoms with van der Waals surface area (Å²) in [6.07, 6.45) is 0.0327. The lowest BCUT2D eigenvalue weighted by Gasteiger charge is -2.14. The van der Waals surface area contributed by atoms with E-state index in [0.717, 1.165) is 17.1 Å². The fourth-order valence-electron chi connectivity index (χ4n) is 1.80. The minimum absolute atomic E-state index is 0.0990. The van der Waals surface area contributed by atoms with Gasteiger partial charge in [0.1, 0.15) is 0 Å². The Morgan fingerprint density at radius 3 is 2.67 bits per heavy atom. The Morgan fingerprint density at radius 2 is 2.22 bits per heavy atom. The normalized spacial score (nSPS) is 12.5. The van der Waals surface area contributed by atoms with Gasteiger partial charge in [-0.15, -0.1) is 0 Å². The minimum atomic E-state index is -0.229. The summed E-state index contributed by atoms with van der Waals surface area (Å²) in [7, 11) is 1.85. The van der Waals surface area contributed by atoms with Crippen molar-refractivity contribution >= 4 is 11.6 Å². The summed E-state index contributed by atoms with van der Waals surface area (Å²) in [5.41, 5.74) is 8.06. The molecule has 3 N–H and O–H groups in total. The molecule has 0 spiro atoms. The number of amides is 1. The number of hydrogen-bond donors (Lipinski definition) is 2. The Morgan fingerprint density at radius 1 is 1.56 bits per heavy atom. The van der Waals surface area contributed by atoms with Gasteiger partial charge in [0.15, 0.2) is 0 Å². The lowest BCUT2D eigenvalue weighted by atomic mass is 10.2. The SMILES string of the molecule is CCOC(CN)CC(=O)Nc1c(C)nn(C)c1C. The van der Waals surface area contributed by atoms with E-state index in [0.29, 0.717) is 13.2 Å². The number of rotatable bonds is 6. The van der Waals surface area contributed by atoms with Crippen molar-refractivity contribution in [2.45, 2.75) is 33.3 Å². The molecule has 0 bridgehead atoms. The number of hydrogen-bond acceptors (Lipinski definition) is 4. The number of aromatic nitrogens is 2. The van der Waals surface area contributed by atoms with Crippen LogP contribution < -0.4 is 11.1 Å². The molecular weight excluding hydrogens is 232 g/mol. The molecule has 6 heteroatoms. The third-order valence-electron chi connectivity index (χ3n) is 2.85. The van der Waals surface area contributed by atoms with Crippen LogP contribution in [-0.4, -0.2) is 34.9 Å². The summed E-state index contributed by atoms with van der Waals surface area (Å²) in [6.45, 7) is 6.56. The zero-order valence-corrected chi connectivity index (χ0v) is 11.5. The Labute approximate surface area is 107 Å². The summed E-state index contributed by atoms with van der Waals surface area (Å²) in [6, 6.07) is 0. The summed E-state index contributed by atoms with van der Waals surface area (Å²) >= 11 is 0. The molecule has 1 heterocycles. The number of carbonyl (C=O) groups excluding carboxylic acids is 1. The minimum Gasteiger partial charge on any atom is -0.377 e. The van der Waals surface area contributed by atoms with E-state index in [2.05, 4.69) is 10.4 Å². The van der Waals surface area contributed by atoms with E-state index in [1.807, 2.05) is 27.8 Å². The second-order valence-corrected chi connectivity index (χ2v) is 4.23. The van der Waals surface area contributed by atoms with E-state index in [-0.39, 0.29) is 18.4 Å². The van der Waals surface area contributed by atoms with Crippen molar-refractivity contribution in [3.63, 3.8) is 0 Å². The van der Waals surface area contributed by atoms with E-state index in [4.69, 9.17) is 10.5 Å². The standard InChI is InChI=1S/C12H22N4O2/c1-5-18-10(7-13)6-11(17)14-12-8(2)15-16(4)9(12)3/h10H,5-7,13H2,1-4H3,(H,14,17). The summed E-state index contributed by atoms with van der Waals surface area (Å²) < 4.78 is 7.10. The van der Waals surface area contributed by atoms with Gasteiger partial charge in [0, 0.05) is 20.2 Å². The Kier molecular flexibility index (Phi) is 5.30. The average Bonchev–Trinajstić information content (AvgIpc) is 2.55. The topological polar surface area (TPSA) is 82.2 Å². The average molecular weight is 254 g/mol. The lowest BCUT2D eigenvalue weighted by molar-refractivity contribution is -0.118. The molecule has 0 fully saturated rings. The molecule has 0 aliphatic heterocycles. The highest BCUT2D eigenvalue weighted by Crippen LogP contribution is 2.18. The van der Waals surface area contributed by atoms with Crippen LogP contribution in [0.2, 0.25) is 0 Å². The summed E-state index contributed by atoms with van der Waals surface area (Å²) in [4.78, 5) is 11.9. The molecule has 1 aromatic heterocycles. The molecule has 18 heavy (non-hydrogen) atoms. The zero-order valence-electron chi connectivity index (χ0n) is 11.5. The lowest BCUT2D eigenvalue weighted by Crippen LogP contribution is -2.29. The van der Waals surface area contributed by atoms with Gasteiger partial charge in [-0.1, -0.05) is 0 Å². The maximum atomic E-state index is 11.9. The molecule has 1 amide bonds. The molecular formula is C12H22N4O2. The number of ether oxygens (including phenoxy) is 1. The van der Waals surface area contributed by atoms with Crippen LogP contribution in [0.1, 0.15) is 24.7 Å². The number of carbonyl (C=O) groups is 1. The first-order chi connectivity index (χ1) is 8.49. The fourth-order valence-corrected chi connectivity index (χ4v) is 1.80. The van der Waals surface area contributed by atoms with E-state index in [1.165, 1.54) is 0 Å². The molecule has 1 aromatic rings. The van der Waals surface area contributed by atoms with E-state index < -0.39 is 0 Å². The summed E-state index contributed by atoms with van der Waals surface area (Å²) in [5, 5.41) is 7.11. The Balaban J connectivity index is 2.64. The number of nitrogens with two attached hydrogens (primary N) is 1. The van der Waals surface area contributed by atoms with Gasteiger partial charge in [0.05, 0.1) is 29.6 Å². The van der Waals surface area contributed by atoms with Gasteiger partial charge in [0.25, 0.3) is 0 Å². The first-order valence-corrected chi connectivity index (χ1v) is 6.11. The number of nitrogens with zero attached hydrogens (tertiary/aromatic N) is 2. The number of nitrogens with one attached hydrogen (secondary N) is 1. The third kappa shape index (κ3) is 3.54. The molecule has 0 saturated heterocycles. The maximum absolute atomic E-state index is 11.9. The molecule has 0 aromatic carbocycles. The Bertz CT molecular complexity index is 414. The highest BCUT2D eigenvalue weighted by molar-refractivity contribution is 5.92. The van der Waals surface area contributed by atoms with Gasteiger partial charge in [0.2, 0.25) is 5.91 Å². The molecule has 0 aliphatic carbocycles. The van der Waals surface area contributed by atoms with Crippen molar-refractivity contribution in [3.05, 3.63) is 11.4 Å². The van der Waals surface area contributed by atoms with Crippen LogP contribution in [0, 0.1) is 13.8 Å². The molecule has 0 saturated carbocycles. The van der Waals surface area contributed by atoms with E-state index >= 15 is 0 Å². The summed E-state index contributed by atoms with van der Waals surface area (Å²) in [5.74, 6) is -0.0990. The fraction of sp³-hybridized carbons (Fsp3) is 0.667. The molecule has 102 valence electrons. The monoisotopic (exact) mass is 254 g/mol. The zero-order chi connectivity index (χ0) is 13.7. The molecule has 6 nitrogen and oxygen atoms in total. The van der Waals surface area contributed by atoms with E-state index in [9.17, 15) is 4.79 Å². The van der Waals surface area contributed by atoms with Gasteiger partial charge >= 0.3 is 0 Å². The predicted molar refractivity (Wildman–Crippen MR) is 70.4 cm³/mol. The molecule has 1 unspecified atom stereocenters. The van der Waals surface area contributed by atoms with Crippen molar-refractivity contribution < 1.29 is 9.53 Å². The second kappa shape index (κ2) is 6.51. The highest BCUT2D eigenvalue weighted by Gasteiger charge is 2.16. The third-order valence-corrected chi connectivity index (χ3v) is 2.85. The van der Waals surface area contributed by atoms with Crippen molar-refractivity contribution in [2.24, 2.45) is 12.8 Å². The van der Waals surface area contributed by atoms with Gasteiger partial charge in [-0.25, -0.2) is 0 Å². The van der Waals surface area contributed by atoms with Crippen LogP contribution in [0.5, 0.6) is 0 Å². The smallest absolute Gasteiger partial charge is 0.227 e. The molecule has 0 aliphatic rings. The van der Waals surface area contributed by atoms with Crippen LogP contribution in [0.15, 0.2) is 0 Å². The first kappa shape index (κ1) is 14.7. The molecule has 1 atom stereocenters. The van der Waals surface area contributed by atoms with Gasteiger partial charge in [-0.3, -0.25) is 9.48 Å². The molecule has 1 rings (SSSR count). The van der Waals surface area contributed by atoms with Crippen molar-refractivity contribution in [1.82, 2.24) is 9.78 Å². The first-order valence-electron chi connectivity index (χ1n) is 6.11. The van der Waals surface area contributed by atoms with Gasteiger partial charge < -0.3 is 15.8 Å². The van der Waals surface area contributed by atoms with Crippen LogP contribution in [-0.2, 0) is 16.6 Å². The van der Waals surface area contributed by atoms with Gasteiger partial charge in [-0.05, 0) is 20.8 Å². The highest BCUT2D eigenvalue weighted by atomic mass is 16.5. The second-order valence-electron chi connectivity index (χ2n) is 4.23. The van der Waals surface area contributed by atoms with Crippen molar-refractivity contribution in [2.75, 3.05) is 18.5 Å². The van der Waals surface area contributed by atoms with Crippen LogP contribution >= 0.6 is 0 Å². The van der Waals surface area contributed by atoms with Crippen LogP contribution in [0.25, 0.3) is 0 Å². The quantitative estimate of drug-likeness (QED) is 0.784. The van der Waals surface area contributed by atoms with Crippen LogP contribution in [0.3, 0.4) is 0 Å². The van der Waals surface area contributed by atoms with Crippen LogP contribution in [0.4, 0.5) is 5.69 Å². The number of aryl methyl sites for hydroxylation is 2. The van der Waals surface area contributed by atoms with Crippen molar-refractivity contribution in [3.8, 4) is 0 Å². The number of anilines is 1. The predicted octanol–water partition coefficient (Wildman–Crippen LogP) is 0.729. The Hall–Kier alpha value is -1.40. The molecule has 0 radical (unpaired) electrons. The largest absolute Gasteiger partial charge is 0.377 e. The van der Waals surface area contributed by atoms with Gasteiger partial charge in [-0.2, -0.15) is 5.10 Å². The van der Waals surface area contributed by atoms with Crippen molar-refractivity contribution in [1.29, 1.82) is 0 Å².